The summed E-state index contributed by atoms with van der Waals surface area (Å²) >= 11 is 5.04. The molecule has 0 aliphatic rings. The van der Waals surface area contributed by atoms with Crippen molar-refractivity contribution in [1.29, 1.82) is 0 Å². The van der Waals surface area contributed by atoms with Crippen molar-refractivity contribution in [3.05, 3.63) is 20.8 Å². The Morgan fingerprint density at radius 3 is 2.71 bits per heavy atom. The molecular weight excluding hydrogens is 264 g/mol. The van der Waals surface area contributed by atoms with Crippen LogP contribution in [0, 0.1) is 5.41 Å². The third kappa shape index (κ3) is 2.82. The second-order valence-corrected chi connectivity index (χ2v) is 5.69. The zero-order chi connectivity index (χ0) is 10.8. The molecule has 1 aromatic heterocycles. The van der Waals surface area contributed by atoms with Gasteiger partial charge in [-0.2, -0.15) is 0 Å². The molecule has 0 unspecified atom stereocenters. The Labute approximate surface area is 96.4 Å². The van der Waals surface area contributed by atoms with Gasteiger partial charge in [-0.05, 0) is 42.3 Å². The number of halogens is 1. The lowest BCUT2D eigenvalue weighted by Crippen LogP contribution is -2.27. The van der Waals surface area contributed by atoms with Crippen molar-refractivity contribution < 1.29 is 9.53 Å². The van der Waals surface area contributed by atoms with Crippen molar-refractivity contribution in [2.75, 3.05) is 7.11 Å². The number of rotatable bonds is 3. The number of carbonyl (C=O) groups is 1. The maximum absolute atomic E-state index is 11.4. The second kappa shape index (κ2) is 4.45. The van der Waals surface area contributed by atoms with E-state index in [1.165, 1.54) is 12.0 Å². The molecule has 1 heterocycles. The molecule has 4 heteroatoms. The molecule has 0 fully saturated rings. The van der Waals surface area contributed by atoms with E-state index in [4.69, 9.17) is 4.74 Å². The molecule has 0 N–H and O–H groups in total. The molecule has 0 aromatic carbocycles. The molecule has 0 aliphatic carbocycles. The average Bonchev–Trinajstić information content (AvgIpc) is 2.48. The average molecular weight is 277 g/mol. The highest BCUT2D eigenvalue weighted by atomic mass is 79.9. The summed E-state index contributed by atoms with van der Waals surface area (Å²) in [7, 11) is 1.43. The van der Waals surface area contributed by atoms with Gasteiger partial charge in [0.15, 0.2) is 0 Å². The Hall–Kier alpha value is -0.350. The first-order chi connectivity index (χ1) is 6.45. The van der Waals surface area contributed by atoms with Crippen molar-refractivity contribution >= 4 is 33.2 Å². The molecule has 0 atom stereocenters. The normalized spacial score (nSPS) is 11.4. The van der Waals surface area contributed by atoms with Crippen LogP contribution in [0.25, 0.3) is 0 Å². The molecule has 0 bridgehead atoms. The van der Waals surface area contributed by atoms with Gasteiger partial charge in [0.25, 0.3) is 0 Å². The zero-order valence-corrected chi connectivity index (χ0v) is 10.9. The molecule has 0 saturated carbocycles. The van der Waals surface area contributed by atoms with E-state index in [1.54, 1.807) is 11.3 Å². The second-order valence-electron chi connectivity index (χ2n) is 3.78. The molecule has 0 spiro atoms. The molecule has 2 nitrogen and oxygen atoms in total. The highest BCUT2D eigenvalue weighted by molar-refractivity contribution is 9.10. The molecule has 0 aliphatic heterocycles. The van der Waals surface area contributed by atoms with Crippen LogP contribution in [-0.2, 0) is 16.0 Å². The van der Waals surface area contributed by atoms with E-state index in [9.17, 15) is 4.79 Å². The molecular formula is C10H13BrO2S. The van der Waals surface area contributed by atoms with E-state index in [-0.39, 0.29) is 5.97 Å². The van der Waals surface area contributed by atoms with Gasteiger partial charge in [-0.1, -0.05) is 0 Å². The summed E-state index contributed by atoms with van der Waals surface area (Å²) in [6.45, 7) is 3.79. The molecule has 0 radical (unpaired) electrons. The van der Waals surface area contributed by atoms with E-state index < -0.39 is 5.41 Å². The van der Waals surface area contributed by atoms with Crippen LogP contribution in [0.4, 0.5) is 0 Å². The highest BCUT2D eigenvalue weighted by Crippen LogP contribution is 2.28. The Morgan fingerprint density at radius 1 is 1.64 bits per heavy atom. The summed E-state index contributed by atoms with van der Waals surface area (Å²) in [6, 6.07) is 2.04. The van der Waals surface area contributed by atoms with Crippen LogP contribution in [0.5, 0.6) is 0 Å². The van der Waals surface area contributed by atoms with E-state index >= 15 is 0 Å². The fourth-order valence-corrected chi connectivity index (χ4v) is 2.91. The van der Waals surface area contributed by atoms with Crippen molar-refractivity contribution in [1.82, 2.24) is 0 Å². The molecule has 1 rings (SSSR count). The zero-order valence-electron chi connectivity index (χ0n) is 8.46. The summed E-state index contributed by atoms with van der Waals surface area (Å²) in [4.78, 5) is 12.6. The van der Waals surface area contributed by atoms with Gasteiger partial charge in [0, 0.05) is 14.7 Å². The van der Waals surface area contributed by atoms with Gasteiger partial charge in [0.1, 0.15) is 0 Å². The van der Waals surface area contributed by atoms with Crippen molar-refractivity contribution in [3.8, 4) is 0 Å². The summed E-state index contributed by atoms with van der Waals surface area (Å²) in [5.74, 6) is -0.165. The Morgan fingerprint density at radius 2 is 2.29 bits per heavy atom. The molecule has 14 heavy (non-hydrogen) atoms. The van der Waals surface area contributed by atoms with Crippen LogP contribution in [0.2, 0.25) is 0 Å². The maximum Gasteiger partial charge on any atom is 0.311 e. The topological polar surface area (TPSA) is 26.3 Å². The first kappa shape index (κ1) is 11.7. The third-order valence-corrected chi connectivity index (χ3v) is 3.67. The van der Waals surface area contributed by atoms with Crippen LogP contribution < -0.4 is 0 Å². The monoisotopic (exact) mass is 276 g/mol. The fourth-order valence-electron chi connectivity index (χ4n) is 1.23. The number of methoxy groups -OCH3 is 1. The lowest BCUT2D eigenvalue weighted by Gasteiger charge is -2.20. The summed E-state index contributed by atoms with van der Waals surface area (Å²) in [6.07, 6.45) is 0.718. The van der Waals surface area contributed by atoms with Gasteiger partial charge in [-0.25, -0.2) is 0 Å². The Bertz CT molecular complexity index is 331. The van der Waals surface area contributed by atoms with Gasteiger partial charge in [-0.3, -0.25) is 4.79 Å². The minimum Gasteiger partial charge on any atom is -0.469 e. The van der Waals surface area contributed by atoms with Crippen LogP contribution in [0.15, 0.2) is 15.9 Å². The number of esters is 1. The number of ether oxygens (including phenoxy) is 1. The standard InChI is InChI=1S/C10H13BrO2S/c1-10(2,9(12)13-3)5-8-4-7(11)6-14-8/h4,6H,5H2,1-3H3. The van der Waals surface area contributed by atoms with E-state index in [0.29, 0.717) is 0 Å². The van der Waals surface area contributed by atoms with E-state index in [1.807, 2.05) is 25.3 Å². The smallest absolute Gasteiger partial charge is 0.311 e. The summed E-state index contributed by atoms with van der Waals surface area (Å²) < 4.78 is 5.82. The van der Waals surface area contributed by atoms with Gasteiger partial charge in [0.2, 0.25) is 0 Å². The lowest BCUT2D eigenvalue weighted by molar-refractivity contribution is -0.150. The number of hydrogen-bond acceptors (Lipinski definition) is 3. The predicted octanol–water partition coefficient (Wildman–Crippen LogP) is 3.25. The molecule has 0 saturated heterocycles. The molecule has 0 amide bonds. The molecule has 78 valence electrons. The minimum absolute atomic E-state index is 0.165. The Kier molecular flexibility index (Phi) is 3.72. The SMILES string of the molecule is COC(=O)C(C)(C)Cc1cc(Br)cs1. The quantitative estimate of drug-likeness (QED) is 0.793. The first-order valence-corrected chi connectivity index (χ1v) is 5.94. The van der Waals surface area contributed by atoms with Crippen LogP contribution in [-0.4, -0.2) is 13.1 Å². The van der Waals surface area contributed by atoms with Crippen molar-refractivity contribution in [2.24, 2.45) is 5.41 Å². The van der Waals surface area contributed by atoms with Crippen molar-refractivity contribution in [2.45, 2.75) is 20.3 Å². The van der Waals surface area contributed by atoms with E-state index in [2.05, 4.69) is 15.9 Å². The third-order valence-electron chi connectivity index (χ3n) is 1.98. The molecule has 1 aromatic rings. The predicted molar refractivity (Wildman–Crippen MR) is 61.5 cm³/mol. The maximum atomic E-state index is 11.4. The summed E-state index contributed by atoms with van der Waals surface area (Å²) in [5, 5.41) is 2.02. The van der Waals surface area contributed by atoms with Gasteiger partial charge >= 0.3 is 5.97 Å². The highest BCUT2D eigenvalue weighted by Gasteiger charge is 2.29. The van der Waals surface area contributed by atoms with Crippen molar-refractivity contribution in [3.63, 3.8) is 0 Å². The minimum atomic E-state index is -0.445. The first-order valence-electron chi connectivity index (χ1n) is 4.27. The van der Waals surface area contributed by atoms with Gasteiger partial charge in [0.05, 0.1) is 12.5 Å². The number of carbonyl (C=O) groups excluding carboxylic acids is 1. The van der Waals surface area contributed by atoms with E-state index in [0.717, 1.165) is 10.9 Å². The largest absolute Gasteiger partial charge is 0.469 e. The lowest BCUT2D eigenvalue weighted by atomic mass is 9.89. The van der Waals surface area contributed by atoms with Gasteiger partial charge in [-0.15, -0.1) is 11.3 Å². The van der Waals surface area contributed by atoms with Crippen LogP contribution in [0.1, 0.15) is 18.7 Å². The number of thiophene rings is 1. The van der Waals surface area contributed by atoms with Gasteiger partial charge < -0.3 is 4.74 Å². The fraction of sp³-hybridized carbons (Fsp3) is 0.500. The summed E-state index contributed by atoms with van der Waals surface area (Å²) in [5.41, 5.74) is -0.445. The Balaban J connectivity index is 2.72. The van der Waals surface area contributed by atoms with Crippen LogP contribution in [0.3, 0.4) is 0 Å². The number of hydrogen-bond donors (Lipinski definition) is 0. The van der Waals surface area contributed by atoms with Crippen LogP contribution >= 0.6 is 27.3 Å².